The maximum Gasteiger partial charge on any atom is 0.267 e. The van der Waals surface area contributed by atoms with Crippen LogP contribution in [0.25, 0.3) is 10.9 Å². The molecule has 3 amide bonds. The van der Waals surface area contributed by atoms with Crippen LogP contribution in [-0.4, -0.2) is 32.5 Å². The fraction of sp³-hybridized carbons (Fsp3) is 0.120. The van der Waals surface area contributed by atoms with Gasteiger partial charge >= 0.3 is 0 Å². The first-order valence-electron chi connectivity index (χ1n) is 10.6. The van der Waals surface area contributed by atoms with Crippen LogP contribution in [0.2, 0.25) is 0 Å². The fourth-order valence-corrected chi connectivity index (χ4v) is 3.71. The molecule has 4 rings (SSSR count). The maximum atomic E-state index is 13.2. The third-order valence-corrected chi connectivity index (χ3v) is 5.40. The normalized spacial score (nSPS) is 10.5. The molecule has 0 fully saturated rings. The van der Waals surface area contributed by atoms with Gasteiger partial charge in [0.05, 0.1) is 39.8 Å². The van der Waals surface area contributed by atoms with Crippen LogP contribution in [0.15, 0.2) is 54.6 Å². The first-order chi connectivity index (χ1) is 16.8. The number of pyridine rings is 1. The molecular weight excluding hydrogens is 446 g/mol. The smallest absolute Gasteiger partial charge is 0.267 e. The molecule has 0 spiro atoms. The summed E-state index contributed by atoms with van der Waals surface area (Å²) in [6.45, 7) is 3.36. The van der Waals surface area contributed by atoms with E-state index in [1.807, 2.05) is 6.07 Å². The highest BCUT2D eigenvalue weighted by Gasteiger charge is 2.20. The Morgan fingerprint density at radius 3 is 2.57 bits per heavy atom. The van der Waals surface area contributed by atoms with Gasteiger partial charge in [-0.2, -0.15) is 10.4 Å². The second-order valence-electron chi connectivity index (χ2n) is 7.83. The Hall–Kier alpha value is -5.04. The third kappa shape index (κ3) is 4.84. The highest BCUT2D eigenvalue weighted by Crippen LogP contribution is 2.24. The van der Waals surface area contributed by atoms with Gasteiger partial charge in [0.25, 0.3) is 11.8 Å². The highest BCUT2D eigenvalue weighted by molar-refractivity contribution is 6.14. The molecule has 0 bridgehead atoms. The van der Waals surface area contributed by atoms with Crippen molar-refractivity contribution in [3.05, 3.63) is 82.8 Å². The predicted octanol–water partition coefficient (Wildman–Crippen LogP) is 2.91. The number of benzene rings is 2. The van der Waals surface area contributed by atoms with Crippen molar-refractivity contribution >= 4 is 40.0 Å². The van der Waals surface area contributed by atoms with Crippen LogP contribution in [0.4, 0.5) is 11.4 Å². The van der Waals surface area contributed by atoms with Gasteiger partial charge < -0.3 is 16.4 Å². The largest absolute Gasteiger partial charge is 0.364 e. The summed E-state index contributed by atoms with van der Waals surface area (Å²) < 4.78 is 1.48. The van der Waals surface area contributed by atoms with E-state index in [2.05, 4.69) is 20.7 Å². The summed E-state index contributed by atoms with van der Waals surface area (Å²) >= 11 is 0. The number of anilines is 2. The van der Waals surface area contributed by atoms with Crippen molar-refractivity contribution in [1.82, 2.24) is 14.8 Å². The minimum Gasteiger partial charge on any atom is -0.364 e. The van der Waals surface area contributed by atoms with E-state index in [4.69, 9.17) is 11.0 Å². The lowest BCUT2D eigenvalue weighted by Gasteiger charge is -2.10. The van der Waals surface area contributed by atoms with Gasteiger partial charge in [-0.25, -0.2) is 4.98 Å². The van der Waals surface area contributed by atoms with Crippen molar-refractivity contribution in [3.8, 4) is 6.07 Å². The van der Waals surface area contributed by atoms with Crippen LogP contribution < -0.4 is 16.4 Å². The van der Waals surface area contributed by atoms with E-state index in [-0.39, 0.29) is 23.7 Å². The molecule has 4 N–H and O–H groups in total. The first-order valence-corrected chi connectivity index (χ1v) is 10.6. The van der Waals surface area contributed by atoms with Gasteiger partial charge in [-0.05, 0) is 44.2 Å². The minimum absolute atomic E-state index is 0.0184. The third-order valence-electron chi connectivity index (χ3n) is 5.40. The zero-order valence-corrected chi connectivity index (χ0v) is 19.0. The number of amides is 3. The van der Waals surface area contributed by atoms with E-state index in [0.29, 0.717) is 39.2 Å². The quantitative estimate of drug-likeness (QED) is 0.396. The van der Waals surface area contributed by atoms with Crippen molar-refractivity contribution < 1.29 is 14.4 Å². The fourth-order valence-electron chi connectivity index (χ4n) is 3.71. The minimum atomic E-state index is -0.740. The summed E-state index contributed by atoms with van der Waals surface area (Å²) in [5, 5.41) is 19.5. The predicted molar refractivity (Wildman–Crippen MR) is 130 cm³/mol. The number of nitrogens with two attached hydrogens (primary N) is 1. The number of hydrogen-bond acceptors (Lipinski definition) is 6. The molecule has 0 saturated heterocycles. The Morgan fingerprint density at radius 1 is 1.06 bits per heavy atom. The average molecular weight is 467 g/mol. The van der Waals surface area contributed by atoms with Crippen molar-refractivity contribution in [3.63, 3.8) is 0 Å². The second-order valence-corrected chi connectivity index (χ2v) is 7.83. The Balaban J connectivity index is 1.57. The van der Waals surface area contributed by atoms with Crippen molar-refractivity contribution in [1.29, 1.82) is 5.26 Å². The van der Waals surface area contributed by atoms with E-state index >= 15 is 0 Å². The number of carbonyl (C=O) groups excluding carboxylic acids is 3. The molecule has 0 radical (unpaired) electrons. The van der Waals surface area contributed by atoms with Gasteiger partial charge in [-0.1, -0.05) is 24.3 Å². The van der Waals surface area contributed by atoms with Crippen LogP contribution in [0.1, 0.15) is 37.8 Å². The van der Waals surface area contributed by atoms with Gasteiger partial charge in [0.15, 0.2) is 0 Å². The van der Waals surface area contributed by atoms with Crippen molar-refractivity contribution in [2.75, 3.05) is 10.6 Å². The summed E-state index contributed by atoms with van der Waals surface area (Å²) in [4.78, 5) is 41.7. The summed E-state index contributed by atoms with van der Waals surface area (Å²) in [6.07, 6.45) is 0. The van der Waals surface area contributed by atoms with Crippen LogP contribution in [0.5, 0.6) is 0 Å². The van der Waals surface area contributed by atoms with Crippen molar-refractivity contribution in [2.24, 2.45) is 5.73 Å². The Morgan fingerprint density at radius 2 is 1.83 bits per heavy atom. The number of fused-ring (bicyclic) bond motifs is 1. The summed E-state index contributed by atoms with van der Waals surface area (Å²) in [7, 11) is 0. The number of nitriles is 1. The molecular formula is C25H21N7O3. The zero-order valence-electron chi connectivity index (χ0n) is 19.0. The maximum absolute atomic E-state index is 13.2. The van der Waals surface area contributed by atoms with Gasteiger partial charge in [-0.15, -0.1) is 0 Å². The van der Waals surface area contributed by atoms with E-state index in [1.165, 1.54) is 10.7 Å². The summed E-state index contributed by atoms with van der Waals surface area (Å²) in [5.74, 6) is -1.54. The number of aryl methyl sites for hydroxylation is 1. The molecule has 0 aliphatic heterocycles. The zero-order chi connectivity index (χ0) is 25.1. The van der Waals surface area contributed by atoms with Crippen LogP contribution >= 0.6 is 0 Å². The van der Waals surface area contributed by atoms with Gasteiger partial charge in [0.1, 0.15) is 12.2 Å². The molecule has 0 saturated carbocycles. The number of hydrogen-bond donors (Lipinski definition) is 3. The molecule has 10 nitrogen and oxygen atoms in total. The standard InChI is InChI=1S/C25H21N7O3/c1-14-23(15(2)32(31-14)13-22(33)28-17-7-5-6-16(10-17)12-26)30-25(35)19-11-21(24(27)34)29-20-9-4-3-8-18(19)20/h3-11H,13H2,1-2H3,(H2,27,34)(H,28,33)(H,30,35). The number of carbonyl (C=O) groups is 3. The average Bonchev–Trinajstić information content (AvgIpc) is 3.10. The summed E-state index contributed by atoms with van der Waals surface area (Å²) in [6, 6.07) is 16.9. The molecule has 0 unspecified atom stereocenters. The lowest BCUT2D eigenvalue weighted by Crippen LogP contribution is -2.21. The number of rotatable bonds is 6. The van der Waals surface area contributed by atoms with Crippen LogP contribution in [0.3, 0.4) is 0 Å². The molecule has 2 heterocycles. The molecule has 0 aliphatic rings. The number of primary amides is 1. The molecule has 2 aromatic carbocycles. The van der Waals surface area contributed by atoms with Crippen molar-refractivity contribution in [2.45, 2.75) is 20.4 Å². The Labute approximate surface area is 200 Å². The monoisotopic (exact) mass is 467 g/mol. The topological polar surface area (TPSA) is 156 Å². The molecule has 0 atom stereocenters. The molecule has 0 aliphatic carbocycles. The SMILES string of the molecule is Cc1nn(CC(=O)Nc2cccc(C#N)c2)c(C)c1NC(=O)c1cc(C(N)=O)nc2ccccc12. The lowest BCUT2D eigenvalue weighted by atomic mass is 10.1. The molecule has 4 aromatic rings. The van der Waals surface area contributed by atoms with E-state index in [0.717, 1.165) is 0 Å². The Kier molecular flexibility index (Phi) is 6.24. The molecule has 2 aromatic heterocycles. The number of nitrogens with one attached hydrogen (secondary N) is 2. The van der Waals surface area contributed by atoms with Crippen LogP contribution in [-0.2, 0) is 11.3 Å². The van der Waals surface area contributed by atoms with Crippen LogP contribution in [0, 0.1) is 25.2 Å². The van der Waals surface area contributed by atoms with Gasteiger partial charge in [0.2, 0.25) is 5.91 Å². The molecule has 174 valence electrons. The number of para-hydroxylation sites is 1. The van der Waals surface area contributed by atoms with Gasteiger partial charge in [-0.3, -0.25) is 19.1 Å². The first kappa shape index (κ1) is 23.1. The summed E-state index contributed by atoms with van der Waals surface area (Å²) in [5.41, 5.74) is 8.56. The van der Waals surface area contributed by atoms with E-state index < -0.39 is 11.8 Å². The number of aromatic nitrogens is 3. The highest BCUT2D eigenvalue weighted by atomic mass is 16.2. The molecule has 35 heavy (non-hydrogen) atoms. The Bertz CT molecular complexity index is 1530. The lowest BCUT2D eigenvalue weighted by molar-refractivity contribution is -0.116. The van der Waals surface area contributed by atoms with Gasteiger partial charge in [0, 0.05) is 11.1 Å². The number of nitrogens with zero attached hydrogens (tertiary/aromatic N) is 4. The van der Waals surface area contributed by atoms with E-state index in [9.17, 15) is 14.4 Å². The van der Waals surface area contributed by atoms with E-state index in [1.54, 1.807) is 62.4 Å². The molecule has 10 heteroatoms. The second kappa shape index (κ2) is 9.44.